The van der Waals surface area contributed by atoms with Gasteiger partial charge in [0, 0.05) is 4.92 Å². The Bertz CT molecular complexity index is 498. The van der Waals surface area contributed by atoms with E-state index in [9.17, 15) is 20.0 Å². The van der Waals surface area contributed by atoms with Gasteiger partial charge in [0.1, 0.15) is 11.7 Å². The minimum Gasteiger partial charge on any atom is -0.444 e. The average Bonchev–Trinajstić information content (AvgIpc) is 2.41. The van der Waals surface area contributed by atoms with Crippen molar-refractivity contribution in [2.45, 2.75) is 51.5 Å². The lowest BCUT2D eigenvalue weighted by atomic mass is 10.1. The lowest BCUT2D eigenvalue weighted by Gasteiger charge is -2.22. The standard InChI is InChI=1S/C15H22N2O5/c1-15(2,3)22-14(19)16-13(17(20)21)12(18)10-9-11-7-5-4-6-8-11/h4-8,12-13,18H,9-10H2,1-3H3,(H,16,19). The molecule has 0 fully saturated rings. The Morgan fingerprint density at radius 3 is 2.45 bits per heavy atom. The van der Waals surface area contributed by atoms with Crippen molar-refractivity contribution in [2.24, 2.45) is 0 Å². The highest BCUT2D eigenvalue weighted by atomic mass is 16.6. The van der Waals surface area contributed by atoms with Crippen LogP contribution in [0.1, 0.15) is 32.8 Å². The van der Waals surface area contributed by atoms with E-state index in [1.165, 1.54) is 0 Å². The van der Waals surface area contributed by atoms with E-state index in [1.54, 1.807) is 20.8 Å². The largest absolute Gasteiger partial charge is 0.444 e. The van der Waals surface area contributed by atoms with Crippen molar-refractivity contribution in [2.75, 3.05) is 0 Å². The highest BCUT2D eigenvalue weighted by molar-refractivity contribution is 5.67. The predicted molar refractivity (Wildman–Crippen MR) is 80.9 cm³/mol. The van der Waals surface area contributed by atoms with Gasteiger partial charge in [0.15, 0.2) is 0 Å². The third-order valence-electron chi connectivity index (χ3n) is 2.83. The number of carbonyl (C=O) groups excluding carboxylic acids is 1. The van der Waals surface area contributed by atoms with Crippen molar-refractivity contribution in [3.8, 4) is 0 Å². The Kier molecular flexibility index (Phi) is 6.30. The van der Waals surface area contributed by atoms with E-state index >= 15 is 0 Å². The van der Waals surface area contributed by atoms with E-state index in [-0.39, 0.29) is 6.42 Å². The van der Waals surface area contributed by atoms with Gasteiger partial charge in [0.2, 0.25) is 0 Å². The fraction of sp³-hybridized carbons (Fsp3) is 0.533. The number of amides is 1. The molecule has 0 saturated carbocycles. The number of hydrogen-bond acceptors (Lipinski definition) is 5. The lowest BCUT2D eigenvalue weighted by Crippen LogP contribution is -2.50. The number of alkyl carbamates (subject to hydrolysis) is 1. The van der Waals surface area contributed by atoms with Crippen LogP contribution < -0.4 is 5.32 Å². The Labute approximate surface area is 129 Å². The average molecular weight is 310 g/mol. The summed E-state index contributed by atoms with van der Waals surface area (Å²) < 4.78 is 4.97. The smallest absolute Gasteiger partial charge is 0.412 e. The minimum atomic E-state index is -1.60. The van der Waals surface area contributed by atoms with Crippen LogP contribution in [-0.4, -0.2) is 34.0 Å². The maximum absolute atomic E-state index is 11.6. The first-order chi connectivity index (χ1) is 10.2. The number of nitrogens with one attached hydrogen (secondary N) is 1. The SMILES string of the molecule is CC(C)(C)OC(=O)NC(C(O)CCc1ccccc1)[N+](=O)[O-]. The third kappa shape index (κ3) is 6.53. The molecule has 0 aliphatic rings. The Morgan fingerprint density at radius 2 is 1.95 bits per heavy atom. The molecular formula is C15H22N2O5. The Morgan fingerprint density at radius 1 is 1.36 bits per heavy atom. The fourth-order valence-electron chi connectivity index (χ4n) is 1.83. The zero-order chi connectivity index (χ0) is 16.8. The number of aliphatic hydroxyl groups excluding tert-OH is 1. The molecule has 0 aliphatic heterocycles. The van der Waals surface area contributed by atoms with Gasteiger partial charge in [-0.15, -0.1) is 0 Å². The second-order valence-corrected chi connectivity index (χ2v) is 5.97. The van der Waals surface area contributed by atoms with E-state index in [1.807, 2.05) is 30.3 Å². The van der Waals surface area contributed by atoms with Crippen LogP contribution in [0.4, 0.5) is 4.79 Å². The van der Waals surface area contributed by atoms with Crippen LogP contribution >= 0.6 is 0 Å². The van der Waals surface area contributed by atoms with Crippen LogP contribution in [0, 0.1) is 10.1 Å². The molecule has 1 amide bonds. The fourth-order valence-corrected chi connectivity index (χ4v) is 1.83. The molecule has 22 heavy (non-hydrogen) atoms. The van der Waals surface area contributed by atoms with E-state index in [4.69, 9.17) is 4.74 Å². The summed E-state index contributed by atoms with van der Waals surface area (Å²) in [6.07, 6.45) is -3.19. The highest BCUT2D eigenvalue weighted by Gasteiger charge is 2.33. The molecule has 2 unspecified atom stereocenters. The topological polar surface area (TPSA) is 102 Å². The van der Waals surface area contributed by atoms with Gasteiger partial charge in [0.25, 0.3) is 0 Å². The summed E-state index contributed by atoms with van der Waals surface area (Å²) in [6, 6.07) is 9.31. The maximum atomic E-state index is 11.6. The predicted octanol–water partition coefficient (Wildman–Crippen LogP) is 2.11. The van der Waals surface area contributed by atoms with Gasteiger partial charge in [0.05, 0.1) is 0 Å². The zero-order valence-corrected chi connectivity index (χ0v) is 13.0. The summed E-state index contributed by atoms with van der Waals surface area (Å²) in [4.78, 5) is 21.9. The Balaban J connectivity index is 2.58. The molecule has 1 aromatic carbocycles. The van der Waals surface area contributed by atoms with Crippen LogP contribution in [0.25, 0.3) is 0 Å². The summed E-state index contributed by atoms with van der Waals surface area (Å²) in [5, 5.41) is 23.1. The number of nitro groups is 1. The number of hydrogen-bond donors (Lipinski definition) is 2. The summed E-state index contributed by atoms with van der Waals surface area (Å²) in [5.74, 6) is 0. The van der Waals surface area contributed by atoms with Crippen LogP contribution in [0.5, 0.6) is 0 Å². The lowest BCUT2D eigenvalue weighted by molar-refractivity contribution is -0.539. The van der Waals surface area contributed by atoms with Crippen molar-refractivity contribution in [3.63, 3.8) is 0 Å². The van der Waals surface area contributed by atoms with Crippen molar-refractivity contribution >= 4 is 6.09 Å². The van der Waals surface area contributed by atoms with Gasteiger partial charge in [-0.1, -0.05) is 30.3 Å². The van der Waals surface area contributed by atoms with E-state index in [0.29, 0.717) is 6.42 Å². The highest BCUT2D eigenvalue weighted by Crippen LogP contribution is 2.10. The number of ether oxygens (including phenoxy) is 1. The molecular weight excluding hydrogens is 288 g/mol. The number of rotatable bonds is 6. The monoisotopic (exact) mass is 310 g/mol. The molecule has 7 nitrogen and oxygen atoms in total. The van der Waals surface area contributed by atoms with Gasteiger partial charge in [-0.05, 0) is 39.2 Å². The van der Waals surface area contributed by atoms with Crippen molar-refractivity contribution < 1.29 is 19.6 Å². The molecule has 1 aromatic rings. The molecule has 7 heteroatoms. The molecule has 0 aliphatic carbocycles. The van der Waals surface area contributed by atoms with Crippen LogP contribution in [0.2, 0.25) is 0 Å². The van der Waals surface area contributed by atoms with Crippen LogP contribution in [0.15, 0.2) is 30.3 Å². The van der Waals surface area contributed by atoms with Gasteiger partial charge in [-0.3, -0.25) is 15.4 Å². The second kappa shape index (κ2) is 7.74. The quantitative estimate of drug-likeness (QED) is 0.476. The van der Waals surface area contributed by atoms with Crippen LogP contribution in [-0.2, 0) is 11.2 Å². The first kappa shape index (κ1) is 17.9. The van der Waals surface area contributed by atoms with Crippen molar-refractivity contribution in [3.05, 3.63) is 46.0 Å². The third-order valence-corrected chi connectivity index (χ3v) is 2.83. The maximum Gasteiger partial charge on any atom is 0.412 e. The zero-order valence-electron chi connectivity index (χ0n) is 13.0. The summed E-state index contributed by atoms with van der Waals surface area (Å²) in [5.41, 5.74) is 0.196. The second-order valence-electron chi connectivity index (χ2n) is 5.97. The summed E-state index contributed by atoms with van der Waals surface area (Å²) >= 11 is 0. The number of aliphatic hydroxyl groups is 1. The number of nitrogens with zero attached hydrogens (tertiary/aromatic N) is 1. The molecule has 0 saturated heterocycles. The molecule has 122 valence electrons. The molecule has 0 spiro atoms. The molecule has 2 N–H and O–H groups in total. The van der Waals surface area contributed by atoms with E-state index in [0.717, 1.165) is 5.56 Å². The summed E-state index contributed by atoms with van der Waals surface area (Å²) in [6.45, 7) is 4.96. The van der Waals surface area contributed by atoms with Gasteiger partial charge in [-0.25, -0.2) is 4.79 Å². The van der Waals surface area contributed by atoms with Crippen LogP contribution in [0.3, 0.4) is 0 Å². The van der Waals surface area contributed by atoms with Gasteiger partial charge < -0.3 is 9.84 Å². The van der Waals surface area contributed by atoms with E-state index in [2.05, 4.69) is 5.32 Å². The number of aryl methyl sites for hydroxylation is 1. The van der Waals surface area contributed by atoms with E-state index < -0.39 is 28.9 Å². The number of benzene rings is 1. The first-order valence-electron chi connectivity index (χ1n) is 7.04. The summed E-state index contributed by atoms with van der Waals surface area (Å²) in [7, 11) is 0. The van der Waals surface area contributed by atoms with Crippen molar-refractivity contribution in [1.82, 2.24) is 5.32 Å². The first-order valence-corrected chi connectivity index (χ1v) is 7.04. The minimum absolute atomic E-state index is 0.158. The van der Waals surface area contributed by atoms with Gasteiger partial charge in [-0.2, -0.15) is 0 Å². The molecule has 1 rings (SSSR count). The van der Waals surface area contributed by atoms with Crippen molar-refractivity contribution in [1.29, 1.82) is 0 Å². The molecule has 0 radical (unpaired) electrons. The van der Waals surface area contributed by atoms with Gasteiger partial charge >= 0.3 is 12.3 Å². The Hall–Kier alpha value is -2.15. The normalized spacial score (nSPS) is 14.0. The molecule has 0 aromatic heterocycles. The molecule has 2 atom stereocenters. The number of carbonyl (C=O) groups is 1. The molecule has 0 bridgehead atoms. The molecule has 0 heterocycles.